The summed E-state index contributed by atoms with van der Waals surface area (Å²) in [7, 11) is 0. The van der Waals surface area contributed by atoms with Crippen LogP contribution in [0.15, 0.2) is 16.8 Å². The maximum Gasteiger partial charge on any atom is 0.244 e. The molecule has 0 N–H and O–H groups in total. The third-order valence-electron chi connectivity index (χ3n) is 5.34. The summed E-state index contributed by atoms with van der Waals surface area (Å²) in [5.74, 6) is 2.54. The molecular formula is C17H23N5O2. The summed E-state index contributed by atoms with van der Waals surface area (Å²) >= 11 is 0. The number of hydrogen-bond donors (Lipinski definition) is 0. The van der Waals surface area contributed by atoms with Crippen LogP contribution in [0.2, 0.25) is 0 Å². The Labute approximate surface area is 141 Å². The van der Waals surface area contributed by atoms with Crippen LogP contribution in [0.25, 0.3) is 0 Å². The highest BCUT2D eigenvalue weighted by molar-refractivity contribution is 5.76. The summed E-state index contributed by atoms with van der Waals surface area (Å²) in [4.78, 5) is 18.9. The van der Waals surface area contributed by atoms with Crippen LogP contribution in [0.1, 0.15) is 61.3 Å². The molecule has 1 aliphatic carbocycles. The van der Waals surface area contributed by atoms with Gasteiger partial charge in [0.2, 0.25) is 11.8 Å². The molecule has 24 heavy (non-hydrogen) atoms. The van der Waals surface area contributed by atoms with E-state index in [4.69, 9.17) is 4.52 Å². The van der Waals surface area contributed by atoms with E-state index in [1.54, 1.807) is 10.9 Å². The lowest BCUT2D eigenvalue weighted by molar-refractivity contribution is -0.133. The van der Waals surface area contributed by atoms with Crippen molar-refractivity contribution in [1.82, 2.24) is 24.8 Å². The smallest absolute Gasteiger partial charge is 0.244 e. The first kappa shape index (κ1) is 15.4. The van der Waals surface area contributed by atoms with E-state index < -0.39 is 0 Å². The highest BCUT2D eigenvalue weighted by Crippen LogP contribution is 2.36. The van der Waals surface area contributed by atoms with E-state index in [1.165, 1.54) is 19.3 Å². The molecule has 3 heterocycles. The highest BCUT2D eigenvalue weighted by atomic mass is 16.5. The SMILES string of the molecule is Cc1ccnn1CC(=O)N1CCC(c2nc(C3CCC3)no2)CC1. The van der Waals surface area contributed by atoms with Gasteiger partial charge in [0.25, 0.3) is 0 Å². The van der Waals surface area contributed by atoms with Crippen LogP contribution in [0.3, 0.4) is 0 Å². The number of carbonyl (C=O) groups is 1. The van der Waals surface area contributed by atoms with Crippen molar-refractivity contribution >= 4 is 5.91 Å². The van der Waals surface area contributed by atoms with E-state index in [2.05, 4.69) is 15.2 Å². The van der Waals surface area contributed by atoms with Gasteiger partial charge in [-0.15, -0.1) is 0 Å². The molecule has 7 nitrogen and oxygen atoms in total. The molecule has 2 aromatic rings. The molecule has 1 saturated carbocycles. The van der Waals surface area contributed by atoms with Gasteiger partial charge < -0.3 is 9.42 Å². The molecule has 0 bridgehead atoms. The largest absolute Gasteiger partial charge is 0.341 e. The molecule has 2 aliphatic rings. The number of nitrogens with zero attached hydrogens (tertiary/aromatic N) is 5. The monoisotopic (exact) mass is 329 g/mol. The van der Waals surface area contributed by atoms with E-state index in [-0.39, 0.29) is 11.8 Å². The normalized spacial score (nSPS) is 19.5. The second-order valence-electron chi connectivity index (χ2n) is 6.90. The zero-order valence-electron chi connectivity index (χ0n) is 14.0. The maximum absolute atomic E-state index is 12.4. The third-order valence-corrected chi connectivity index (χ3v) is 5.34. The lowest BCUT2D eigenvalue weighted by atomic mass is 9.85. The van der Waals surface area contributed by atoms with Gasteiger partial charge in [-0.25, -0.2) is 0 Å². The number of hydrogen-bond acceptors (Lipinski definition) is 5. The fourth-order valence-corrected chi connectivity index (χ4v) is 3.41. The van der Waals surface area contributed by atoms with Gasteiger partial charge in [0, 0.05) is 36.8 Å². The number of aromatic nitrogens is 4. The maximum atomic E-state index is 12.4. The highest BCUT2D eigenvalue weighted by Gasteiger charge is 2.30. The topological polar surface area (TPSA) is 77.1 Å². The molecule has 1 saturated heterocycles. The van der Waals surface area contributed by atoms with Crippen molar-refractivity contribution in [3.05, 3.63) is 29.7 Å². The first-order valence-electron chi connectivity index (χ1n) is 8.80. The molecule has 0 radical (unpaired) electrons. The Hall–Kier alpha value is -2.18. The van der Waals surface area contributed by atoms with E-state index in [0.29, 0.717) is 12.5 Å². The van der Waals surface area contributed by atoms with Crippen molar-refractivity contribution in [2.75, 3.05) is 13.1 Å². The van der Waals surface area contributed by atoms with Crippen LogP contribution in [0.4, 0.5) is 0 Å². The van der Waals surface area contributed by atoms with Gasteiger partial charge in [-0.3, -0.25) is 9.48 Å². The summed E-state index contributed by atoms with van der Waals surface area (Å²) < 4.78 is 7.23. The van der Waals surface area contributed by atoms with Crippen LogP contribution < -0.4 is 0 Å². The molecule has 0 atom stereocenters. The minimum absolute atomic E-state index is 0.126. The summed E-state index contributed by atoms with van der Waals surface area (Å²) in [6.07, 6.45) is 7.12. The first-order valence-corrected chi connectivity index (χ1v) is 8.80. The molecular weight excluding hydrogens is 306 g/mol. The van der Waals surface area contributed by atoms with Crippen LogP contribution in [0, 0.1) is 6.92 Å². The molecule has 128 valence electrons. The lowest BCUT2D eigenvalue weighted by Gasteiger charge is -2.30. The number of rotatable bonds is 4. The first-order chi connectivity index (χ1) is 11.7. The van der Waals surface area contributed by atoms with E-state index in [0.717, 1.165) is 43.3 Å². The molecule has 1 aliphatic heterocycles. The third kappa shape index (κ3) is 2.95. The number of likely N-dealkylation sites (tertiary alicyclic amines) is 1. The minimum atomic E-state index is 0.126. The summed E-state index contributed by atoms with van der Waals surface area (Å²) in [5.41, 5.74) is 1.01. The lowest BCUT2D eigenvalue weighted by Crippen LogP contribution is -2.40. The van der Waals surface area contributed by atoms with Crippen molar-refractivity contribution in [2.24, 2.45) is 0 Å². The molecule has 1 amide bonds. The molecule has 4 rings (SSSR count). The van der Waals surface area contributed by atoms with Gasteiger partial charge >= 0.3 is 0 Å². The average molecular weight is 329 g/mol. The van der Waals surface area contributed by atoms with Crippen molar-refractivity contribution < 1.29 is 9.32 Å². The predicted molar refractivity (Wildman–Crippen MR) is 86.4 cm³/mol. The zero-order chi connectivity index (χ0) is 16.5. The molecule has 0 unspecified atom stereocenters. The van der Waals surface area contributed by atoms with Crippen LogP contribution >= 0.6 is 0 Å². The Morgan fingerprint density at radius 2 is 2.04 bits per heavy atom. The molecule has 2 fully saturated rings. The van der Waals surface area contributed by atoms with E-state index in [1.807, 2.05) is 17.9 Å². The van der Waals surface area contributed by atoms with Crippen LogP contribution in [-0.2, 0) is 11.3 Å². The Balaban J connectivity index is 1.32. The Morgan fingerprint density at radius 1 is 1.25 bits per heavy atom. The zero-order valence-corrected chi connectivity index (χ0v) is 14.0. The van der Waals surface area contributed by atoms with Gasteiger partial charge in [-0.1, -0.05) is 11.6 Å². The van der Waals surface area contributed by atoms with Crippen LogP contribution in [0.5, 0.6) is 0 Å². The second kappa shape index (κ2) is 6.37. The number of piperidine rings is 1. The fourth-order valence-electron chi connectivity index (χ4n) is 3.41. The Bertz CT molecular complexity index is 710. The van der Waals surface area contributed by atoms with Crippen LogP contribution in [-0.4, -0.2) is 43.8 Å². The molecule has 0 aromatic carbocycles. The minimum Gasteiger partial charge on any atom is -0.341 e. The van der Waals surface area contributed by atoms with Crippen molar-refractivity contribution in [2.45, 2.75) is 57.4 Å². The predicted octanol–water partition coefficient (Wildman–Crippen LogP) is 2.25. The van der Waals surface area contributed by atoms with Gasteiger partial charge in [0.1, 0.15) is 6.54 Å². The van der Waals surface area contributed by atoms with E-state index in [9.17, 15) is 4.79 Å². The summed E-state index contributed by atoms with van der Waals surface area (Å²) in [5, 5.41) is 8.33. The van der Waals surface area contributed by atoms with Crippen molar-refractivity contribution in [3.8, 4) is 0 Å². The molecule has 0 spiro atoms. The average Bonchev–Trinajstić information content (AvgIpc) is 3.16. The fraction of sp³-hybridized carbons (Fsp3) is 0.647. The van der Waals surface area contributed by atoms with Gasteiger partial charge in [0.15, 0.2) is 5.82 Å². The van der Waals surface area contributed by atoms with Crippen molar-refractivity contribution in [1.29, 1.82) is 0 Å². The van der Waals surface area contributed by atoms with E-state index >= 15 is 0 Å². The number of aryl methyl sites for hydroxylation is 1. The van der Waals surface area contributed by atoms with Gasteiger partial charge in [0.05, 0.1) is 0 Å². The quantitative estimate of drug-likeness (QED) is 0.860. The standard InChI is InChI=1S/C17H23N5O2/c1-12-5-8-18-22(12)11-15(23)21-9-6-14(7-10-21)17-19-16(20-24-17)13-3-2-4-13/h5,8,13-14H,2-4,6-7,9-11H2,1H3. The van der Waals surface area contributed by atoms with Gasteiger partial charge in [-0.2, -0.15) is 10.1 Å². The number of amides is 1. The molecule has 7 heteroatoms. The number of carbonyl (C=O) groups excluding carboxylic acids is 1. The molecule has 2 aromatic heterocycles. The Kier molecular flexibility index (Phi) is 4.08. The Morgan fingerprint density at radius 3 is 2.67 bits per heavy atom. The van der Waals surface area contributed by atoms with Crippen molar-refractivity contribution in [3.63, 3.8) is 0 Å². The van der Waals surface area contributed by atoms with Gasteiger partial charge in [-0.05, 0) is 38.7 Å². The summed E-state index contributed by atoms with van der Waals surface area (Å²) in [6.45, 7) is 3.76. The summed E-state index contributed by atoms with van der Waals surface area (Å²) in [6, 6.07) is 1.91. The second-order valence-corrected chi connectivity index (χ2v) is 6.90.